The highest BCUT2D eigenvalue weighted by Gasteiger charge is 2.18. The minimum atomic E-state index is -0.306. The van der Waals surface area contributed by atoms with Crippen LogP contribution in [-0.4, -0.2) is 46.6 Å². The summed E-state index contributed by atoms with van der Waals surface area (Å²) in [7, 11) is 1.64. The van der Waals surface area contributed by atoms with E-state index in [1.165, 1.54) is 35.2 Å². The van der Waals surface area contributed by atoms with Crippen molar-refractivity contribution < 1.29 is 13.9 Å². The first-order valence-corrected chi connectivity index (χ1v) is 10.5. The molecule has 0 unspecified atom stereocenters. The zero-order chi connectivity index (χ0) is 20.1. The van der Waals surface area contributed by atoms with Gasteiger partial charge in [0.1, 0.15) is 5.82 Å². The first-order chi connectivity index (χ1) is 13.5. The van der Waals surface area contributed by atoms with Crippen LogP contribution in [0.5, 0.6) is 0 Å². The van der Waals surface area contributed by atoms with Gasteiger partial charge in [-0.05, 0) is 38.1 Å². The molecule has 0 atom stereocenters. The normalized spacial score (nSPS) is 11.0. The van der Waals surface area contributed by atoms with Crippen molar-refractivity contribution in [2.45, 2.75) is 18.2 Å². The Bertz CT molecular complexity index is 971. The number of aromatic nitrogens is 3. The molecule has 0 spiro atoms. The monoisotopic (exact) mass is 420 g/mol. The van der Waals surface area contributed by atoms with E-state index in [9.17, 15) is 9.18 Å². The van der Waals surface area contributed by atoms with Crippen LogP contribution in [0, 0.1) is 19.7 Å². The van der Waals surface area contributed by atoms with Crippen LogP contribution < -0.4 is 5.32 Å². The zero-order valence-electron chi connectivity index (χ0n) is 15.9. The van der Waals surface area contributed by atoms with E-state index in [4.69, 9.17) is 4.74 Å². The molecule has 148 valence electrons. The van der Waals surface area contributed by atoms with E-state index >= 15 is 0 Å². The minimum absolute atomic E-state index is 0.00449. The number of nitrogens with zero attached hydrogens (tertiary/aromatic N) is 3. The van der Waals surface area contributed by atoms with Crippen molar-refractivity contribution in [1.29, 1.82) is 0 Å². The van der Waals surface area contributed by atoms with E-state index < -0.39 is 0 Å². The maximum Gasteiger partial charge on any atom is 0.206 e. The maximum absolute atomic E-state index is 13.6. The van der Waals surface area contributed by atoms with Crippen LogP contribution in [0.3, 0.4) is 0 Å². The molecule has 2 aromatic heterocycles. The number of hydrogen-bond donors (Lipinski definition) is 1. The molecule has 9 heteroatoms. The fourth-order valence-electron chi connectivity index (χ4n) is 2.86. The first kappa shape index (κ1) is 20.5. The number of rotatable bonds is 9. The lowest BCUT2D eigenvalue weighted by molar-refractivity contribution is 0.102. The fraction of sp³-hybridized carbons (Fsp3) is 0.316. The predicted octanol–water partition coefficient (Wildman–Crippen LogP) is 4.12. The van der Waals surface area contributed by atoms with Gasteiger partial charge >= 0.3 is 0 Å². The van der Waals surface area contributed by atoms with Crippen LogP contribution in [0.15, 0.2) is 34.7 Å². The Morgan fingerprint density at radius 2 is 2.14 bits per heavy atom. The Balaban J connectivity index is 1.68. The van der Waals surface area contributed by atoms with Crippen molar-refractivity contribution in [2.24, 2.45) is 0 Å². The zero-order valence-corrected chi connectivity index (χ0v) is 17.5. The predicted molar refractivity (Wildman–Crippen MR) is 111 cm³/mol. The van der Waals surface area contributed by atoms with Crippen molar-refractivity contribution in [1.82, 2.24) is 14.8 Å². The third kappa shape index (κ3) is 4.78. The van der Waals surface area contributed by atoms with Gasteiger partial charge in [-0.25, -0.2) is 4.39 Å². The topological polar surface area (TPSA) is 69.0 Å². The molecule has 6 nitrogen and oxygen atoms in total. The van der Waals surface area contributed by atoms with Gasteiger partial charge in [0.15, 0.2) is 10.1 Å². The molecular weight excluding hydrogens is 399 g/mol. The minimum Gasteiger partial charge on any atom is -0.383 e. The second-order valence-electron chi connectivity index (χ2n) is 6.10. The Kier molecular flexibility index (Phi) is 6.82. The quantitative estimate of drug-likeness (QED) is 0.319. The smallest absolute Gasteiger partial charge is 0.206 e. The van der Waals surface area contributed by atoms with Crippen molar-refractivity contribution in [2.75, 3.05) is 31.3 Å². The number of Topliss-reactive ketones (excluding diaryl/α,β-unsaturated/α-hetero) is 1. The standard InChI is InChI=1S/C19H21FN4O2S2/c1-12-9-16(13(2)24(12)15-6-4-5-14(20)10-15)17(25)11-27-19-23-22-18(28-19)21-7-8-26-3/h4-6,9-10H,7-8,11H2,1-3H3,(H,21,22). The SMILES string of the molecule is COCCNc1nnc(SCC(=O)c2cc(C)n(-c3cccc(F)c3)c2C)s1. The molecule has 3 aromatic rings. The van der Waals surface area contributed by atoms with Crippen LogP contribution in [0.4, 0.5) is 9.52 Å². The number of ketones is 1. The van der Waals surface area contributed by atoms with Gasteiger partial charge in [0.25, 0.3) is 0 Å². The van der Waals surface area contributed by atoms with Crippen molar-refractivity contribution in [3.63, 3.8) is 0 Å². The highest BCUT2D eigenvalue weighted by atomic mass is 32.2. The Morgan fingerprint density at radius 3 is 2.89 bits per heavy atom. The molecule has 0 aliphatic carbocycles. The number of aryl methyl sites for hydroxylation is 1. The summed E-state index contributed by atoms with van der Waals surface area (Å²) in [5, 5.41) is 12.0. The molecule has 1 aromatic carbocycles. The summed E-state index contributed by atoms with van der Waals surface area (Å²) in [6.07, 6.45) is 0. The molecule has 0 saturated carbocycles. The summed E-state index contributed by atoms with van der Waals surface area (Å²) >= 11 is 2.77. The second kappa shape index (κ2) is 9.31. The van der Waals surface area contributed by atoms with Gasteiger partial charge in [-0.1, -0.05) is 29.2 Å². The lowest BCUT2D eigenvalue weighted by atomic mass is 10.2. The van der Waals surface area contributed by atoms with Crippen LogP contribution in [0.2, 0.25) is 0 Å². The Hall–Kier alpha value is -2.23. The third-order valence-electron chi connectivity index (χ3n) is 4.11. The van der Waals surface area contributed by atoms with Gasteiger partial charge in [-0.3, -0.25) is 4.79 Å². The average molecular weight is 421 g/mol. The number of carbonyl (C=O) groups excluding carboxylic acids is 1. The highest BCUT2D eigenvalue weighted by molar-refractivity contribution is 8.01. The molecule has 2 heterocycles. The van der Waals surface area contributed by atoms with E-state index in [1.807, 2.05) is 30.5 Å². The third-order valence-corrected chi connectivity index (χ3v) is 6.13. The number of nitrogens with one attached hydrogen (secondary N) is 1. The summed E-state index contributed by atoms with van der Waals surface area (Å²) in [5.41, 5.74) is 3.03. The number of benzene rings is 1. The maximum atomic E-state index is 13.6. The molecule has 0 saturated heterocycles. The van der Waals surface area contributed by atoms with E-state index in [1.54, 1.807) is 13.2 Å². The fourth-order valence-corrected chi connectivity index (χ4v) is 4.52. The molecule has 28 heavy (non-hydrogen) atoms. The summed E-state index contributed by atoms with van der Waals surface area (Å²) in [6, 6.07) is 8.20. The molecule has 0 aliphatic heterocycles. The van der Waals surface area contributed by atoms with E-state index in [0.717, 1.165) is 15.7 Å². The molecule has 1 N–H and O–H groups in total. The first-order valence-electron chi connectivity index (χ1n) is 8.66. The summed E-state index contributed by atoms with van der Waals surface area (Å²) in [5.74, 6) is -0.0374. The average Bonchev–Trinajstić information content (AvgIpc) is 3.24. The number of carbonyl (C=O) groups is 1. The molecule has 0 fully saturated rings. The van der Waals surface area contributed by atoms with Crippen LogP contribution in [-0.2, 0) is 4.74 Å². The van der Waals surface area contributed by atoms with Gasteiger partial charge in [-0.15, -0.1) is 10.2 Å². The lowest BCUT2D eigenvalue weighted by Crippen LogP contribution is -2.06. The van der Waals surface area contributed by atoms with Crippen LogP contribution >= 0.6 is 23.1 Å². The van der Waals surface area contributed by atoms with E-state index in [2.05, 4.69) is 15.5 Å². The Morgan fingerprint density at radius 1 is 1.32 bits per heavy atom. The molecule has 0 aliphatic rings. The number of anilines is 1. The Labute approximate surface area is 171 Å². The summed E-state index contributed by atoms with van der Waals surface area (Å²) in [4.78, 5) is 12.7. The number of halogens is 1. The molecule has 3 rings (SSSR count). The van der Waals surface area contributed by atoms with Gasteiger partial charge in [0.05, 0.1) is 12.4 Å². The van der Waals surface area contributed by atoms with E-state index in [0.29, 0.717) is 29.5 Å². The molecule has 0 amide bonds. The highest BCUT2D eigenvalue weighted by Crippen LogP contribution is 2.28. The molecule has 0 radical (unpaired) electrons. The van der Waals surface area contributed by atoms with Crippen LogP contribution in [0.25, 0.3) is 5.69 Å². The van der Waals surface area contributed by atoms with Crippen molar-refractivity contribution in [3.05, 3.63) is 53.1 Å². The molecule has 0 bridgehead atoms. The summed E-state index contributed by atoms with van der Waals surface area (Å²) in [6.45, 7) is 5.02. The largest absolute Gasteiger partial charge is 0.383 e. The van der Waals surface area contributed by atoms with Gasteiger partial charge in [-0.2, -0.15) is 0 Å². The number of thioether (sulfide) groups is 1. The number of ether oxygens (including phenoxy) is 1. The molecular formula is C19H21FN4O2S2. The lowest BCUT2D eigenvalue weighted by Gasteiger charge is -2.09. The number of methoxy groups -OCH3 is 1. The van der Waals surface area contributed by atoms with Gasteiger partial charge < -0.3 is 14.6 Å². The second-order valence-corrected chi connectivity index (χ2v) is 8.30. The van der Waals surface area contributed by atoms with E-state index in [-0.39, 0.29) is 17.4 Å². The van der Waals surface area contributed by atoms with Gasteiger partial charge in [0, 0.05) is 36.3 Å². The van der Waals surface area contributed by atoms with Crippen molar-refractivity contribution >= 4 is 34.0 Å². The van der Waals surface area contributed by atoms with Crippen LogP contribution in [0.1, 0.15) is 21.7 Å². The number of hydrogen-bond acceptors (Lipinski definition) is 7. The summed E-state index contributed by atoms with van der Waals surface area (Å²) < 4.78 is 21.2. The van der Waals surface area contributed by atoms with Crippen molar-refractivity contribution in [3.8, 4) is 5.69 Å². The van der Waals surface area contributed by atoms with Gasteiger partial charge in [0.2, 0.25) is 5.13 Å².